The molecule has 0 radical (unpaired) electrons. The van der Waals surface area contributed by atoms with Crippen molar-refractivity contribution in [1.82, 2.24) is 4.98 Å². The van der Waals surface area contributed by atoms with Crippen LogP contribution in [0.2, 0.25) is 0 Å². The van der Waals surface area contributed by atoms with Gasteiger partial charge in [-0.2, -0.15) is 0 Å². The Kier molecular flexibility index (Phi) is 3.43. The maximum absolute atomic E-state index is 12.8. The third kappa shape index (κ3) is 2.13. The second-order valence-electron chi connectivity index (χ2n) is 4.44. The van der Waals surface area contributed by atoms with Gasteiger partial charge >= 0.3 is 0 Å². The monoisotopic (exact) mass is 251 g/mol. The average Bonchev–Trinajstić information content (AvgIpc) is 2.36. The highest BCUT2D eigenvalue weighted by atomic mass is 19.3. The van der Waals surface area contributed by atoms with Crippen molar-refractivity contribution < 1.29 is 8.78 Å². The molecule has 1 aromatic heterocycles. The van der Waals surface area contributed by atoms with E-state index in [4.69, 9.17) is 5.84 Å². The molecule has 0 aliphatic rings. The van der Waals surface area contributed by atoms with E-state index >= 15 is 0 Å². The fraction of sp³-hybridized carbons (Fsp3) is 0.308. The number of nitrogens with zero attached hydrogens (tertiary/aromatic N) is 1. The third-order valence-corrected chi connectivity index (χ3v) is 2.89. The minimum absolute atomic E-state index is 0.208. The van der Waals surface area contributed by atoms with Gasteiger partial charge in [-0.3, -0.25) is 5.84 Å². The second kappa shape index (κ2) is 4.86. The smallest absolute Gasteiger partial charge is 0.280 e. The lowest BCUT2D eigenvalue weighted by Crippen LogP contribution is -2.09. The first-order chi connectivity index (χ1) is 8.54. The number of nitrogens with two attached hydrogens (primary N) is 1. The van der Waals surface area contributed by atoms with Gasteiger partial charge in [0.2, 0.25) is 0 Å². The molecule has 0 unspecified atom stereocenters. The van der Waals surface area contributed by atoms with Gasteiger partial charge in [0, 0.05) is 5.39 Å². The van der Waals surface area contributed by atoms with Crippen molar-refractivity contribution in [2.24, 2.45) is 5.84 Å². The highest BCUT2D eigenvalue weighted by molar-refractivity contribution is 5.93. The maximum atomic E-state index is 12.8. The molecule has 96 valence electrons. The molecule has 2 rings (SSSR count). The number of rotatable bonds is 3. The zero-order chi connectivity index (χ0) is 13.3. The van der Waals surface area contributed by atoms with Crippen molar-refractivity contribution >= 4 is 16.6 Å². The normalized spacial score (nSPS) is 11.5. The zero-order valence-corrected chi connectivity index (χ0v) is 10.2. The van der Waals surface area contributed by atoms with Crippen LogP contribution in [0.15, 0.2) is 24.3 Å². The number of benzene rings is 1. The largest absolute Gasteiger partial charge is 0.323 e. The van der Waals surface area contributed by atoms with Crippen molar-refractivity contribution in [3.63, 3.8) is 0 Å². The number of nitrogen functional groups attached to an aromatic ring is 1. The van der Waals surface area contributed by atoms with Crippen molar-refractivity contribution in [3.8, 4) is 0 Å². The van der Waals surface area contributed by atoms with E-state index in [1.807, 2.05) is 32.0 Å². The van der Waals surface area contributed by atoms with Gasteiger partial charge in [0.1, 0.15) is 5.69 Å². The molecule has 0 aliphatic carbocycles. The highest BCUT2D eigenvalue weighted by Gasteiger charge is 2.15. The summed E-state index contributed by atoms with van der Waals surface area (Å²) in [5.74, 6) is 5.60. The van der Waals surface area contributed by atoms with E-state index in [1.54, 1.807) is 0 Å². The summed E-state index contributed by atoms with van der Waals surface area (Å²) in [6, 6.07) is 6.88. The number of anilines is 1. The molecule has 0 bridgehead atoms. The first-order valence-corrected chi connectivity index (χ1v) is 5.73. The Bertz CT molecular complexity index is 567. The average molecular weight is 251 g/mol. The molecule has 2 aromatic rings. The first-order valence-electron chi connectivity index (χ1n) is 5.73. The Labute approximate surface area is 104 Å². The summed E-state index contributed by atoms with van der Waals surface area (Å²) < 4.78 is 25.6. The van der Waals surface area contributed by atoms with Crippen molar-refractivity contribution in [2.45, 2.75) is 26.2 Å². The van der Waals surface area contributed by atoms with Gasteiger partial charge in [0.05, 0.1) is 11.2 Å². The highest BCUT2D eigenvalue weighted by Crippen LogP contribution is 2.31. The number of halogens is 2. The van der Waals surface area contributed by atoms with E-state index in [-0.39, 0.29) is 11.6 Å². The van der Waals surface area contributed by atoms with Crippen LogP contribution in [-0.4, -0.2) is 4.98 Å². The van der Waals surface area contributed by atoms with Crippen LogP contribution >= 0.6 is 0 Å². The maximum Gasteiger partial charge on any atom is 0.280 e. The third-order valence-electron chi connectivity index (χ3n) is 2.89. The number of hydrazine groups is 1. The minimum atomic E-state index is -2.61. The summed E-state index contributed by atoms with van der Waals surface area (Å²) >= 11 is 0. The van der Waals surface area contributed by atoms with Crippen LogP contribution < -0.4 is 11.3 Å². The first kappa shape index (κ1) is 12.7. The van der Waals surface area contributed by atoms with Crippen LogP contribution in [0.3, 0.4) is 0 Å². The Hall–Kier alpha value is -1.75. The Balaban J connectivity index is 2.79. The molecule has 3 nitrogen and oxygen atoms in total. The molecule has 0 aliphatic heterocycles. The van der Waals surface area contributed by atoms with Gasteiger partial charge in [-0.25, -0.2) is 13.8 Å². The minimum Gasteiger partial charge on any atom is -0.323 e. The number of hydrogen-bond donors (Lipinski definition) is 2. The second-order valence-corrected chi connectivity index (χ2v) is 4.44. The number of alkyl halides is 2. The van der Waals surface area contributed by atoms with Crippen LogP contribution in [0, 0.1) is 0 Å². The lowest BCUT2D eigenvalue weighted by molar-refractivity contribution is 0.146. The molecule has 18 heavy (non-hydrogen) atoms. The molecule has 0 spiro atoms. The zero-order valence-electron chi connectivity index (χ0n) is 10.2. The molecule has 5 heteroatoms. The molecule has 0 amide bonds. The lowest BCUT2D eigenvalue weighted by Gasteiger charge is -2.13. The SMILES string of the molecule is CC(C)c1cccc2c(NN)cc(C(F)F)nc12. The summed E-state index contributed by atoms with van der Waals surface area (Å²) in [7, 11) is 0. The van der Waals surface area contributed by atoms with Crippen LogP contribution in [0.1, 0.15) is 37.4 Å². The van der Waals surface area contributed by atoms with Gasteiger partial charge in [-0.05, 0) is 17.5 Å². The fourth-order valence-electron chi connectivity index (χ4n) is 1.99. The van der Waals surface area contributed by atoms with Gasteiger partial charge in [0.25, 0.3) is 6.43 Å². The van der Waals surface area contributed by atoms with Crippen LogP contribution in [0.25, 0.3) is 10.9 Å². The summed E-state index contributed by atoms with van der Waals surface area (Å²) in [6.07, 6.45) is -2.61. The molecule has 0 saturated heterocycles. The van der Waals surface area contributed by atoms with E-state index in [0.29, 0.717) is 11.2 Å². The van der Waals surface area contributed by atoms with Gasteiger partial charge in [0.15, 0.2) is 0 Å². The van der Waals surface area contributed by atoms with E-state index in [0.717, 1.165) is 10.9 Å². The van der Waals surface area contributed by atoms with Gasteiger partial charge in [-0.15, -0.1) is 0 Å². The predicted molar refractivity (Wildman–Crippen MR) is 68.6 cm³/mol. The van der Waals surface area contributed by atoms with Crippen molar-refractivity contribution in [2.75, 3.05) is 5.43 Å². The Morgan fingerprint density at radius 2 is 2.00 bits per heavy atom. The molecular weight excluding hydrogens is 236 g/mol. The molecule has 0 atom stereocenters. The van der Waals surface area contributed by atoms with Gasteiger partial charge < -0.3 is 5.43 Å². The van der Waals surface area contributed by atoms with E-state index in [1.165, 1.54) is 6.07 Å². The fourth-order valence-corrected chi connectivity index (χ4v) is 1.99. The van der Waals surface area contributed by atoms with E-state index in [9.17, 15) is 8.78 Å². The summed E-state index contributed by atoms with van der Waals surface area (Å²) in [6.45, 7) is 4.00. The summed E-state index contributed by atoms with van der Waals surface area (Å²) in [4.78, 5) is 4.06. The molecule has 0 fully saturated rings. The van der Waals surface area contributed by atoms with Gasteiger partial charge in [-0.1, -0.05) is 32.0 Å². The molecule has 3 N–H and O–H groups in total. The van der Waals surface area contributed by atoms with Crippen LogP contribution in [0.5, 0.6) is 0 Å². The topological polar surface area (TPSA) is 50.9 Å². The number of aromatic nitrogens is 1. The summed E-state index contributed by atoms with van der Waals surface area (Å²) in [5.41, 5.74) is 4.19. The Morgan fingerprint density at radius 1 is 1.28 bits per heavy atom. The lowest BCUT2D eigenvalue weighted by atomic mass is 9.99. The molecule has 0 saturated carbocycles. The van der Waals surface area contributed by atoms with Crippen molar-refractivity contribution in [1.29, 1.82) is 0 Å². The van der Waals surface area contributed by atoms with E-state index in [2.05, 4.69) is 10.4 Å². The van der Waals surface area contributed by atoms with Crippen molar-refractivity contribution in [3.05, 3.63) is 35.5 Å². The molecule has 1 aromatic carbocycles. The number of fused-ring (bicyclic) bond motifs is 1. The number of hydrogen-bond acceptors (Lipinski definition) is 3. The van der Waals surface area contributed by atoms with E-state index < -0.39 is 6.43 Å². The number of nitrogens with one attached hydrogen (secondary N) is 1. The summed E-state index contributed by atoms with van der Waals surface area (Å²) in [5, 5.41) is 0.758. The molecular formula is C13H15F2N3. The Morgan fingerprint density at radius 3 is 2.56 bits per heavy atom. The number of para-hydroxylation sites is 1. The standard InChI is InChI=1S/C13H15F2N3/c1-7(2)8-4-3-5-9-10(18-16)6-11(13(14)15)17-12(8)9/h3-7,13H,16H2,1-2H3,(H,17,18). The van der Waals surface area contributed by atoms with Crippen LogP contribution in [0.4, 0.5) is 14.5 Å². The number of pyridine rings is 1. The quantitative estimate of drug-likeness (QED) is 0.647. The predicted octanol–water partition coefficient (Wildman–Crippen LogP) is 3.58. The van der Waals surface area contributed by atoms with Crippen LogP contribution in [-0.2, 0) is 0 Å². The molecule has 1 heterocycles.